The van der Waals surface area contributed by atoms with Gasteiger partial charge in [0.05, 0.1) is 6.73 Å². The van der Waals surface area contributed by atoms with Crippen LogP contribution < -0.4 is 0 Å². The average molecular weight is 121 g/mol. The van der Waals surface area contributed by atoms with Crippen molar-refractivity contribution in [1.82, 2.24) is 4.90 Å². The summed E-state index contributed by atoms with van der Waals surface area (Å²) in [5, 5.41) is 8.44. The average Bonchev–Trinajstić information content (AvgIpc) is 1.72. The Kier molecular flexibility index (Phi) is 4.73. The van der Waals surface area contributed by atoms with Crippen LogP contribution in [0.15, 0.2) is 0 Å². The zero-order valence-corrected chi connectivity index (χ0v) is 5.75. The highest BCUT2D eigenvalue weighted by molar-refractivity contribution is 7.16. The summed E-state index contributed by atoms with van der Waals surface area (Å²) in [5.74, 6) is 0. The molecule has 0 aliphatic heterocycles. The van der Waals surface area contributed by atoms with Crippen molar-refractivity contribution in [2.75, 3.05) is 19.6 Å². The van der Waals surface area contributed by atoms with Crippen molar-refractivity contribution in [2.24, 2.45) is 0 Å². The first-order valence-electron chi connectivity index (χ1n) is 2.38. The summed E-state index contributed by atoms with van der Waals surface area (Å²) in [5.41, 5.74) is 0. The maximum absolute atomic E-state index is 8.44. The molecule has 1 N–H and O–H groups in total. The van der Waals surface area contributed by atoms with E-state index in [-0.39, 0.29) is 6.73 Å². The van der Waals surface area contributed by atoms with E-state index in [1.807, 2.05) is 11.8 Å². The van der Waals surface area contributed by atoms with Gasteiger partial charge in [0.25, 0.3) is 0 Å². The minimum atomic E-state index is 0.167. The molecule has 0 rings (SSSR count). The van der Waals surface area contributed by atoms with Gasteiger partial charge in [-0.1, -0.05) is 6.92 Å². The Morgan fingerprint density at radius 2 is 2.29 bits per heavy atom. The van der Waals surface area contributed by atoms with Gasteiger partial charge in [-0.15, -0.1) is 9.24 Å². The number of hydrogen-bond acceptors (Lipinski definition) is 2. The molecule has 7 heavy (non-hydrogen) atoms. The summed E-state index contributed by atoms with van der Waals surface area (Å²) in [6, 6.07) is 0. The largest absolute Gasteiger partial charge is 0.381 e. The van der Waals surface area contributed by atoms with E-state index in [1.54, 1.807) is 0 Å². The molecule has 0 aliphatic carbocycles. The highest BCUT2D eigenvalue weighted by Gasteiger charge is 1.90. The van der Waals surface area contributed by atoms with Crippen molar-refractivity contribution in [2.45, 2.75) is 6.92 Å². The van der Waals surface area contributed by atoms with Crippen LogP contribution in [0.4, 0.5) is 0 Å². The molecule has 0 aromatic rings. The van der Waals surface area contributed by atoms with Gasteiger partial charge in [-0.25, -0.2) is 0 Å². The summed E-state index contributed by atoms with van der Waals surface area (Å²) in [6.45, 7) is 3.10. The Labute approximate surface area is 46.7 Å². The van der Waals surface area contributed by atoms with Crippen molar-refractivity contribution in [3.63, 3.8) is 0 Å². The van der Waals surface area contributed by atoms with Gasteiger partial charge < -0.3 is 5.11 Å². The van der Waals surface area contributed by atoms with Gasteiger partial charge in [0, 0.05) is 6.29 Å². The van der Waals surface area contributed by atoms with Crippen LogP contribution in [-0.4, -0.2) is 29.6 Å². The lowest BCUT2D eigenvalue weighted by Gasteiger charge is -2.12. The maximum Gasteiger partial charge on any atom is 0.0959 e. The lowest BCUT2D eigenvalue weighted by molar-refractivity contribution is 0.132. The van der Waals surface area contributed by atoms with E-state index >= 15 is 0 Å². The molecule has 0 saturated heterocycles. The van der Waals surface area contributed by atoms with Crippen molar-refractivity contribution < 1.29 is 5.11 Å². The summed E-state index contributed by atoms with van der Waals surface area (Å²) >= 11 is 0. The molecule has 0 aliphatic rings. The highest BCUT2D eigenvalue weighted by atomic mass is 31.0. The molecule has 0 radical (unpaired) electrons. The molecule has 0 aromatic heterocycles. The predicted molar refractivity (Wildman–Crippen MR) is 34.0 cm³/mol. The fourth-order valence-corrected chi connectivity index (χ4v) is 0.661. The monoisotopic (exact) mass is 121 g/mol. The number of nitrogens with zero attached hydrogens (tertiary/aromatic N) is 1. The quantitative estimate of drug-likeness (QED) is 0.422. The first-order chi connectivity index (χ1) is 3.35. The second-order valence-corrected chi connectivity index (χ2v) is 1.68. The van der Waals surface area contributed by atoms with Gasteiger partial charge in [0.2, 0.25) is 0 Å². The fourth-order valence-electron chi connectivity index (χ4n) is 0.287. The first-order valence-corrected chi connectivity index (χ1v) is 3.20. The fraction of sp³-hybridized carbons (Fsp3) is 1.00. The summed E-state index contributed by atoms with van der Waals surface area (Å²) in [6.07, 6.45) is 0.854. The minimum Gasteiger partial charge on any atom is -0.381 e. The molecule has 0 bridgehead atoms. The Bertz CT molecular complexity index is 33.2. The molecule has 0 heterocycles. The lowest BCUT2D eigenvalue weighted by atomic mass is 10.7. The third kappa shape index (κ3) is 2.98. The molecule has 1 unspecified atom stereocenters. The minimum absolute atomic E-state index is 0.167. The zero-order valence-electron chi connectivity index (χ0n) is 4.59. The van der Waals surface area contributed by atoms with Gasteiger partial charge in [0.1, 0.15) is 0 Å². The molecule has 0 aromatic carbocycles. The molecule has 0 saturated carbocycles. The molecule has 3 heteroatoms. The Morgan fingerprint density at radius 1 is 1.71 bits per heavy atom. The van der Waals surface area contributed by atoms with Crippen LogP contribution in [-0.2, 0) is 0 Å². The van der Waals surface area contributed by atoms with E-state index in [4.69, 9.17) is 5.11 Å². The molecule has 0 fully saturated rings. The second-order valence-electron chi connectivity index (χ2n) is 1.31. The Hall–Kier alpha value is 0.350. The lowest BCUT2D eigenvalue weighted by Crippen LogP contribution is -2.21. The standard InChI is InChI=1S/C4H12NOP/c1-2-5(3-6)4-7/h6H,2-4,7H2,1H3. The third-order valence-electron chi connectivity index (χ3n) is 0.905. The van der Waals surface area contributed by atoms with Crippen LogP contribution in [0.3, 0.4) is 0 Å². The molecule has 0 spiro atoms. The van der Waals surface area contributed by atoms with E-state index < -0.39 is 0 Å². The summed E-state index contributed by atoms with van der Waals surface area (Å²) in [7, 11) is 2.55. The molecule has 44 valence electrons. The maximum atomic E-state index is 8.44. The number of hydrogen-bond donors (Lipinski definition) is 1. The van der Waals surface area contributed by atoms with E-state index in [2.05, 4.69) is 9.24 Å². The van der Waals surface area contributed by atoms with Crippen LogP contribution in [0.1, 0.15) is 6.92 Å². The molecule has 0 amide bonds. The number of aliphatic hydroxyl groups excluding tert-OH is 1. The zero-order chi connectivity index (χ0) is 5.70. The van der Waals surface area contributed by atoms with Crippen molar-refractivity contribution in [3.8, 4) is 0 Å². The predicted octanol–water partition coefficient (Wildman–Crippen LogP) is 0.0907. The van der Waals surface area contributed by atoms with E-state index in [0.717, 1.165) is 12.8 Å². The van der Waals surface area contributed by atoms with Gasteiger partial charge in [-0.05, 0) is 6.54 Å². The van der Waals surface area contributed by atoms with Crippen LogP contribution in [0.5, 0.6) is 0 Å². The van der Waals surface area contributed by atoms with Gasteiger partial charge in [0.15, 0.2) is 0 Å². The molecule has 2 nitrogen and oxygen atoms in total. The molecular weight excluding hydrogens is 109 g/mol. The highest BCUT2D eigenvalue weighted by Crippen LogP contribution is 1.88. The number of aliphatic hydroxyl groups is 1. The van der Waals surface area contributed by atoms with Gasteiger partial charge in [-0.2, -0.15) is 0 Å². The first kappa shape index (κ1) is 7.35. The number of rotatable bonds is 3. The normalized spacial score (nSPS) is 10.3. The second kappa shape index (κ2) is 4.51. The van der Waals surface area contributed by atoms with Crippen molar-refractivity contribution in [3.05, 3.63) is 0 Å². The van der Waals surface area contributed by atoms with E-state index in [0.29, 0.717) is 0 Å². The van der Waals surface area contributed by atoms with Crippen LogP contribution in [0, 0.1) is 0 Å². The summed E-state index contributed by atoms with van der Waals surface area (Å²) in [4.78, 5) is 1.89. The van der Waals surface area contributed by atoms with Crippen LogP contribution >= 0.6 is 9.24 Å². The van der Waals surface area contributed by atoms with Crippen molar-refractivity contribution >= 4 is 9.24 Å². The Morgan fingerprint density at radius 3 is 2.29 bits per heavy atom. The van der Waals surface area contributed by atoms with Gasteiger partial charge >= 0.3 is 0 Å². The van der Waals surface area contributed by atoms with Crippen LogP contribution in [0.25, 0.3) is 0 Å². The van der Waals surface area contributed by atoms with E-state index in [9.17, 15) is 0 Å². The topological polar surface area (TPSA) is 23.5 Å². The molecule has 1 atom stereocenters. The van der Waals surface area contributed by atoms with Crippen LogP contribution in [0.2, 0.25) is 0 Å². The SMILES string of the molecule is CCN(CO)CP. The molecular formula is C4H12NOP. The Balaban J connectivity index is 2.99. The smallest absolute Gasteiger partial charge is 0.0959 e. The van der Waals surface area contributed by atoms with Gasteiger partial charge in [-0.3, -0.25) is 4.90 Å². The summed E-state index contributed by atoms with van der Waals surface area (Å²) < 4.78 is 0. The van der Waals surface area contributed by atoms with Crippen molar-refractivity contribution in [1.29, 1.82) is 0 Å². The third-order valence-corrected chi connectivity index (χ3v) is 1.42. The van der Waals surface area contributed by atoms with E-state index in [1.165, 1.54) is 0 Å².